The normalized spacial score (nSPS) is 23.5. The van der Waals surface area contributed by atoms with E-state index in [1.54, 1.807) is 24.3 Å². The van der Waals surface area contributed by atoms with Crippen LogP contribution in [0.4, 0.5) is 0 Å². The number of esters is 2. The first-order chi connectivity index (χ1) is 11.5. The minimum Gasteiger partial charge on any atom is -0.462 e. The van der Waals surface area contributed by atoms with Crippen LogP contribution in [0.15, 0.2) is 24.3 Å². The van der Waals surface area contributed by atoms with Crippen LogP contribution in [-0.2, 0) is 9.47 Å². The lowest BCUT2D eigenvalue weighted by molar-refractivity contribution is 0.00878. The lowest BCUT2D eigenvalue weighted by atomic mass is 9.80. The van der Waals surface area contributed by atoms with E-state index < -0.39 is 5.97 Å². The van der Waals surface area contributed by atoms with Crippen molar-refractivity contribution in [2.75, 3.05) is 6.61 Å². The number of rotatable bonds is 6. The quantitative estimate of drug-likeness (QED) is 0.563. The number of benzene rings is 1. The molecular formula is C20H28O4. The van der Waals surface area contributed by atoms with E-state index in [-0.39, 0.29) is 12.1 Å². The third kappa shape index (κ3) is 5.08. The van der Waals surface area contributed by atoms with Crippen molar-refractivity contribution in [3.05, 3.63) is 35.4 Å². The van der Waals surface area contributed by atoms with Crippen molar-refractivity contribution in [3.63, 3.8) is 0 Å². The van der Waals surface area contributed by atoms with Crippen molar-refractivity contribution in [1.29, 1.82) is 0 Å². The van der Waals surface area contributed by atoms with Gasteiger partial charge in [-0.1, -0.05) is 33.3 Å². The van der Waals surface area contributed by atoms with Crippen LogP contribution in [-0.4, -0.2) is 24.6 Å². The van der Waals surface area contributed by atoms with Gasteiger partial charge in [0.15, 0.2) is 0 Å². The molecule has 0 N–H and O–H groups in total. The number of unbranched alkanes of at least 4 members (excludes halogenated alkanes) is 1. The fraction of sp³-hybridized carbons (Fsp3) is 0.600. The number of hydrogen-bond acceptors (Lipinski definition) is 4. The summed E-state index contributed by atoms with van der Waals surface area (Å²) in [4.78, 5) is 24.4. The zero-order valence-corrected chi connectivity index (χ0v) is 14.9. The van der Waals surface area contributed by atoms with Crippen LogP contribution in [0, 0.1) is 11.8 Å². The minimum absolute atomic E-state index is 0.0242. The van der Waals surface area contributed by atoms with Gasteiger partial charge in [0.2, 0.25) is 0 Å². The Kier molecular flexibility index (Phi) is 6.83. The summed E-state index contributed by atoms with van der Waals surface area (Å²) in [6, 6.07) is 6.60. The fourth-order valence-corrected chi connectivity index (χ4v) is 2.99. The first-order valence-corrected chi connectivity index (χ1v) is 8.99. The van der Waals surface area contributed by atoms with Crippen LogP contribution < -0.4 is 0 Å². The summed E-state index contributed by atoms with van der Waals surface area (Å²) in [6.45, 7) is 6.90. The van der Waals surface area contributed by atoms with E-state index >= 15 is 0 Å². The van der Waals surface area contributed by atoms with Gasteiger partial charge in [0.25, 0.3) is 0 Å². The van der Waals surface area contributed by atoms with Gasteiger partial charge < -0.3 is 9.47 Å². The minimum atomic E-state index is -0.391. The second kappa shape index (κ2) is 8.86. The number of ether oxygens (including phenoxy) is 2. The average Bonchev–Trinajstić information content (AvgIpc) is 2.58. The van der Waals surface area contributed by atoms with Crippen LogP contribution in [0.25, 0.3) is 0 Å². The molecule has 0 bridgehead atoms. The third-order valence-electron chi connectivity index (χ3n) is 4.89. The second-order valence-electron chi connectivity index (χ2n) is 6.87. The van der Waals surface area contributed by atoms with Gasteiger partial charge in [0.1, 0.15) is 6.10 Å². The van der Waals surface area contributed by atoms with E-state index in [2.05, 4.69) is 13.8 Å². The Morgan fingerprint density at radius 1 is 1.08 bits per heavy atom. The Labute approximate surface area is 144 Å². The highest BCUT2D eigenvalue weighted by Crippen LogP contribution is 2.31. The van der Waals surface area contributed by atoms with E-state index in [1.165, 1.54) is 0 Å². The van der Waals surface area contributed by atoms with E-state index in [0.29, 0.717) is 29.6 Å². The smallest absolute Gasteiger partial charge is 0.338 e. The molecule has 132 valence electrons. The van der Waals surface area contributed by atoms with Crippen molar-refractivity contribution < 1.29 is 19.1 Å². The van der Waals surface area contributed by atoms with Crippen LogP contribution in [0.3, 0.4) is 0 Å². The average molecular weight is 332 g/mol. The summed E-state index contributed by atoms with van der Waals surface area (Å²) in [5.74, 6) is 0.501. The Hall–Kier alpha value is -1.84. The summed E-state index contributed by atoms with van der Waals surface area (Å²) >= 11 is 0. The van der Waals surface area contributed by atoms with Crippen LogP contribution in [0.2, 0.25) is 0 Å². The molecule has 1 aliphatic carbocycles. The summed E-state index contributed by atoms with van der Waals surface area (Å²) < 4.78 is 10.8. The summed E-state index contributed by atoms with van der Waals surface area (Å²) in [5, 5.41) is 0. The molecule has 0 radical (unpaired) electrons. The molecule has 1 aromatic carbocycles. The predicted molar refractivity (Wildman–Crippen MR) is 93.0 cm³/mol. The topological polar surface area (TPSA) is 52.6 Å². The molecule has 4 nitrogen and oxygen atoms in total. The molecule has 2 rings (SSSR count). The van der Waals surface area contributed by atoms with Crippen LogP contribution >= 0.6 is 0 Å². The highest BCUT2D eigenvalue weighted by atomic mass is 16.5. The summed E-state index contributed by atoms with van der Waals surface area (Å²) in [7, 11) is 0. The molecule has 3 unspecified atom stereocenters. The van der Waals surface area contributed by atoms with Crippen molar-refractivity contribution in [2.45, 2.75) is 59.0 Å². The Morgan fingerprint density at radius 2 is 1.79 bits per heavy atom. The molecule has 1 fully saturated rings. The maximum atomic E-state index is 12.4. The molecule has 24 heavy (non-hydrogen) atoms. The Morgan fingerprint density at radius 3 is 2.46 bits per heavy atom. The first kappa shape index (κ1) is 18.5. The lowest BCUT2D eigenvalue weighted by Crippen LogP contribution is -2.28. The molecule has 4 heteroatoms. The molecule has 0 saturated heterocycles. The molecule has 1 aliphatic rings. The van der Waals surface area contributed by atoms with E-state index in [4.69, 9.17) is 9.47 Å². The highest BCUT2D eigenvalue weighted by Gasteiger charge is 2.27. The van der Waals surface area contributed by atoms with Gasteiger partial charge in [-0.05, 0) is 55.7 Å². The van der Waals surface area contributed by atoms with Gasteiger partial charge in [-0.25, -0.2) is 9.59 Å². The van der Waals surface area contributed by atoms with Gasteiger partial charge in [-0.2, -0.15) is 0 Å². The number of hydrogen-bond donors (Lipinski definition) is 0. The van der Waals surface area contributed by atoms with Crippen molar-refractivity contribution >= 4 is 11.9 Å². The van der Waals surface area contributed by atoms with E-state index in [9.17, 15) is 9.59 Å². The molecule has 1 saturated carbocycles. The van der Waals surface area contributed by atoms with Gasteiger partial charge in [0.05, 0.1) is 17.7 Å². The van der Waals surface area contributed by atoms with Gasteiger partial charge in [-0.3, -0.25) is 0 Å². The SMILES string of the molecule is CCCCOC(=O)c1cccc(C(=O)OC2CCC(C)C(C)C2)c1. The van der Waals surface area contributed by atoms with Gasteiger partial charge >= 0.3 is 11.9 Å². The predicted octanol–water partition coefficient (Wildman–Crippen LogP) is 4.63. The van der Waals surface area contributed by atoms with E-state index in [0.717, 1.165) is 32.1 Å². The molecule has 1 aromatic rings. The molecular weight excluding hydrogens is 304 g/mol. The number of carbonyl (C=O) groups excluding carboxylic acids is 2. The maximum absolute atomic E-state index is 12.4. The fourth-order valence-electron chi connectivity index (χ4n) is 2.99. The second-order valence-corrected chi connectivity index (χ2v) is 6.87. The zero-order chi connectivity index (χ0) is 17.5. The molecule has 0 amide bonds. The third-order valence-corrected chi connectivity index (χ3v) is 4.89. The maximum Gasteiger partial charge on any atom is 0.338 e. The van der Waals surface area contributed by atoms with Crippen molar-refractivity contribution in [3.8, 4) is 0 Å². The Balaban J connectivity index is 1.95. The monoisotopic (exact) mass is 332 g/mol. The highest BCUT2D eigenvalue weighted by molar-refractivity contribution is 5.95. The van der Waals surface area contributed by atoms with Crippen LogP contribution in [0.5, 0.6) is 0 Å². The van der Waals surface area contributed by atoms with Gasteiger partial charge in [-0.15, -0.1) is 0 Å². The molecule has 0 heterocycles. The van der Waals surface area contributed by atoms with Gasteiger partial charge in [0, 0.05) is 0 Å². The van der Waals surface area contributed by atoms with E-state index in [1.807, 2.05) is 6.92 Å². The molecule has 0 aliphatic heterocycles. The lowest BCUT2D eigenvalue weighted by Gasteiger charge is -2.31. The zero-order valence-electron chi connectivity index (χ0n) is 14.9. The summed E-state index contributed by atoms with van der Waals surface area (Å²) in [5.41, 5.74) is 0.803. The summed E-state index contributed by atoms with van der Waals surface area (Å²) in [6.07, 6.45) is 4.69. The molecule has 0 spiro atoms. The molecule has 0 aromatic heterocycles. The van der Waals surface area contributed by atoms with Crippen molar-refractivity contribution in [2.24, 2.45) is 11.8 Å². The number of carbonyl (C=O) groups is 2. The van der Waals surface area contributed by atoms with Crippen molar-refractivity contribution in [1.82, 2.24) is 0 Å². The Bertz CT molecular complexity index is 567. The molecule has 3 atom stereocenters. The standard InChI is InChI=1S/C20H28O4/c1-4-5-11-23-19(21)16-7-6-8-17(13-16)20(22)24-18-10-9-14(2)15(3)12-18/h6-8,13-15,18H,4-5,9-12H2,1-3H3. The first-order valence-electron chi connectivity index (χ1n) is 8.99. The largest absolute Gasteiger partial charge is 0.462 e. The van der Waals surface area contributed by atoms with Crippen LogP contribution in [0.1, 0.15) is 73.6 Å².